The molecule has 1 saturated heterocycles. The maximum Gasteiger partial charge on any atom is 0.169 e. The van der Waals surface area contributed by atoms with Crippen molar-refractivity contribution in [3.63, 3.8) is 0 Å². The topological polar surface area (TPSA) is 18.5 Å². The predicted molar refractivity (Wildman–Crippen MR) is 257 cm³/mol. The third kappa shape index (κ3) is 22.1. The summed E-state index contributed by atoms with van der Waals surface area (Å²) in [6.45, 7) is 9.28. The molecule has 0 radical (unpaired) electrons. The Balaban J connectivity index is 1.38. The van der Waals surface area contributed by atoms with Gasteiger partial charge in [0.15, 0.2) is 5.79 Å². The van der Waals surface area contributed by atoms with E-state index in [4.69, 9.17) is 9.47 Å². The number of allylic oxidation sites excluding steroid dienone is 8. The van der Waals surface area contributed by atoms with Crippen LogP contribution in [-0.2, 0) is 9.47 Å². The lowest BCUT2D eigenvalue weighted by Gasteiger charge is -2.44. The molecule has 0 N–H and O–H groups in total. The second-order valence-corrected chi connectivity index (χ2v) is 19.7. The first-order chi connectivity index (χ1) is 28.6. The average molecular weight is 805 g/mol. The molecule has 4 atom stereocenters. The van der Waals surface area contributed by atoms with E-state index in [1.165, 1.54) is 218 Å². The number of fused-ring (bicyclic) bond motifs is 1. The molecule has 1 heterocycles. The third-order valence-corrected chi connectivity index (χ3v) is 14.6. The first kappa shape index (κ1) is 51.2. The molecule has 58 heavy (non-hydrogen) atoms. The quantitative estimate of drug-likeness (QED) is 0.0464. The summed E-state index contributed by atoms with van der Waals surface area (Å²) in [6, 6.07) is 0. The zero-order valence-electron chi connectivity index (χ0n) is 39.6. The molecule has 0 aromatic heterocycles. The molecule has 2 saturated carbocycles. The maximum absolute atomic E-state index is 7.08. The third-order valence-electron chi connectivity index (χ3n) is 14.6. The molecule has 336 valence electrons. The minimum absolute atomic E-state index is 0.271. The molecular weight excluding hydrogens is 705 g/mol. The van der Waals surface area contributed by atoms with Gasteiger partial charge in [-0.15, -0.1) is 0 Å². The van der Waals surface area contributed by atoms with Crippen LogP contribution in [0.1, 0.15) is 272 Å². The lowest BCUT2D eigenvalue weighted by Crippen LogP contribution is -2.40. The van der Waals surface area contributed by atoms with Gasteiger partial charge in [0, 0.05) is 12.8 Å². The molecule has 1 aliphatic heterocycles. The fourth-order valence-electron chi connectivity index (χ4n) is 10.8. The Hall–Kier alpha value is -1.12. The van der Waals surface area contributed by atoms with Crippen molar-refractivity contribution < 1.29 is 9.47 Å². The molecule has 0 bridgehead atoms. The van der Waals surface area contributed by atoms with Crippen LogP contribution in [0, 0.1) is 17.3 Å². The van der Waals surface area contributed by atoms with Gasteiger partial charge in [0.2, 0.25) is 0 Å². The van der Waals surface area contributed by atoms with Gasteiger partial charge in [-0.3, -0.25) is 0 Å². The van der Waals surface area contributed by atoms with Gasteiger partial charge in [-0.25, -0.2) is 0 Å². The van der Waals surface area contributed by atoms with E-state index in [0.29, 0.717) is 17.6 Å². The van der Waals surface area contributed by atoms with E-state index in [9.17, 15) is 0 Å². The van der Waals surface area contributed by atoms with Crippen molar-refractivity contribution >= 4 is 0 Å². The smallest absolute Gasteiger partial charge is 0.169 e. The lowest BCUT2D eigenvalue weighted by molar-refractivity contribution is -0.208. The highest BCUT2D eigenvalue weighted by molar-refractivity contribution is 4.99. The molecule has 0 amide bonds. The predicted octanol–water partition coefficient (Wildman–Crippen LogP) is 18.8. The molecule has 3 fully saturated rings. The van der Waals surface area contributed by atoms with Crippen LogP contribution in [0.3, 0.4) is 0 Å². The molecule has 2 nitrogen and oxygen atoms in total. The summed E-state index contributed by atoms with van der Waals surface area (Å²) < 4.78 is 14.2. The lowest BCUT2D eigenvalue weighted by atomic mass is 9.66. The number of rotatable bonds is 36. The molecule has 2 heteroatoms. The molecule has 1 spiro atoms. The van der Waals surface area contributed by atoms with Gasteiger partial charge >= 0.3 is 0 Å². The van der Waals surface area contributed by atoms with Gasteiger partial charge in [-0.05, 0) is 120 Å². The molecule has 0 unspecified atom stereocenters. The molecular formula is C56H100O2. The average Bonchev–Trinajstić information content (AvgIpc) is 3.59. The summed E-state index contributed by atoms with van der Waals surface area (Å²) in [5, 5.41) is 0. The van der Waals surface area contributed by atoms with Crippen molar-refractivity contribution in [1.29, 1.82) is 0 Å². The molecule has 0 aromatic rings. The van der Waals surface area contributed by atoms with Crippen LogP contribution in [0.5, 0.6) is 0 Å². The normalized spacial score (nSPS) is 23.1. The first-order valence-corrected chi connectivity index (χ1v) is 26.5. The van der Waals surface area contributed by atoms with Gasteiger partial charge in [-0.2, -0.15) is 0 Å². The van der Waals surface area contributed by atoms with Crippen LogP contribution in [0.25, 0.3) is 0 Å². The van der Waals surface area contributed by atoms with E-state index in [1.807, 2.05) is 0 Å². The van der Waals surface area contributed by atoms with Crippen molar-refractivity contribution in [3.05, 3.63) is 48.6 Å². The Morgan fingerprint density at radius 3 is 1.10 bits per heavy atom. The highest BCUT2D eigenvalue weighted by Crippen LogP contribution is 2.54. The summed E-state index contributed by atoms with van der Waals surface area (Å²) in [6.07, 6.45) is 70.4. The number of ether oxygens (including phenoxy) is 2. The van der Waals surface area contributed by atoms with Crippen molar-refractivity contribution in [2.75, 3.05) is 0 Å². The summed E-state index contributed by atoms with van der Waals surface area (Å²) in [5.41, 5.74) is 0.517. The van der Waals surface area contributed by atoms with Gasteiger partial charge in [0.05, 0.1) is 12.2 Å². The van der Waals surface area contributed by atoms with Crippen molar-refractivity contribution in [1.82, 2.24) is 0 Å². The van der Waals surface area contributed by atoms with E-state index >= 15 is 0 Å². The molecule has 3 rings (SSSR count). The Kier molecular flexibility index (Phi) is 29.6. The van der Waals surface area contributed by atoms with Crippen molar-refractivity contribution in [2.24, 2.45) is 17.3 Å². The van der Waals surface area contributed by atoms with Crippen molar-refractivity contribution in [3.8, 4) is 0 Å². The van der Waals surface area contributed by atoms with Crippen LogP contribution < -0.4 is 0 Å². The van der Waals surface area contributed by atoms with Gasteiger partial charge in [-0.1, -0.05) is 205 Å². The van der Waals surface area contributed by atoms with Crippen molar-refractivity contribution in [2.45, 2.75) is 290 Å². The van der Waals surface area contributed by atoms with E-state index in [-0.39, 0.29) is 5.79 Å². The fraction of sp³-hybridized carbons (Fsp3) is 0.857. The standard InChI is InChI=1S/C56H100O2/c1-5-9-13-15-17-19-21-23-25-27-29-31-33-35-37-39-43-55(44-40-38-36-34-32-30-28-26-24-22-20-18-16-14-10-6-2)45-47-56(48-46-55)57-53-49-51(41-11-7-3)52(42-12-8-4)50-54(53)58-56/h17-20,23-26,51-54H,5-16,21-22,27-50H2,1-4H3/b19-17-,20-18-,25-23-,26-24-/t51-,52+,53+,54-. The highest BCUT2D eigenvalue weighted by atomic mass is 16.8. The SMILES string of the molecule is CCCCC/C=C\C/C=C\CCCCCCCCC1(CCCCCCCC/C=C\C/C=C\CCCCC)CCC2(CC1)O[C@H]1C[C@@H](CCCC)[C@@H](CCCC)C[C@H]1O2. The number of hydrogen-bond acceptors (Lipinski definition) is 2. The minimum Gasteiger partial charge on any atom is -0.344 e. The zero-order chi connectivity index (χ0) is 41.3. The van der Waals surface area contributed by atoms with Gasteiger partial charge in [0.1, 0.15) is 0 Å². The van der Waals surface area contributed by atoms with E-state index in [1.54, 1.807) is 0 Å². The van der Waals surface area contributed by atoms with Crippen LogP contribution in [-0.4, -0.2) is 18.0 Å². The highest BCUT2D eigenvalue weighted by Gasteiger charge is 2.54. The summed E-state index contributed by atoms with van der Waals surface area (Å²) in [5.74, 6) is 1.43. The Morgan fingerprint density at radius 2 is 0.724 bits per heavy atom. The second-order valence-electron chi connectivity index (χ2n) is 19.7. The monoisotopic (exact) mass is 805 g/mol. The maximum atomic E-state index is 7.08. The Morgan fingerprint density at radius 1 is 0.379 bits per heavy atom. The zero-order valence-corrected chi connectivity index (χ0v) is 39.6. The van der Waals surface area contributed by atoms with Crippen LogP contribution in [0.4, 0.5) is 0 Å². The largest absolute Gasteiger partial charge is 0.344 e. The Labute approximate surface area is 363 Å². The van der Waals surface area contributed by atoms with E-state index in [0.717, 1.165) is 37.5 Å². The summed E-state index contributed by atoms with van der Waals surface area (Å²) in [4.78, 5) is 0. The minimum atomic E-state index is -0.271. The van der Waals surface area contributed by atoms with Gasteiger partial charge < -0.3 is 9.47 Å². The van der Waals surface area contributed by atoms with Crippen LogP contribution in [0.2, 0.25) is 0 Å². The van der Waals surface area contributed by atoms with Crippen LogP contribution in [0.15, 0.2) is 48.6 Å². The Bertz CT molecular complexity index is 982. The molecule has 3 aliphatic rings. The molecule has 2 aliphatic carbocycles. The second kappa shape index (κ2) is 33.5. The van der Waals surface area contributed by atoms with E-state index < -0.39 is 0 Å². The molecule has 0 aromatic carbocycles. The summed E-state index contributed by atoms with van der Waals surface area (Å²) in [7, 11) is 0. The van der Waals surface area contributed by atoms with Crippen LogP contribution >= 0.6 is 0 Å². The first-order valence-electron chi connectivity index (χ1n) is 26.5. The number of hydrogen-bond donors (Lipinski definition) is 0. The fourth-order valence-corrected chi connectivity index (χ4v) is 10.8. The summed E-state index contributed by atoms with van der Waals surface area (Å²) >= 11 is 0. The number of unbranched alkanes of at least 4 members (excludes halogenated alkanes) is 20. The van der Waals surface area contributed by atoms with Gasteiger partial charge in [0.25, 0.3) is 0 Å². The van der Waals surface area contributed by atoms with E-state index in [2.05, 4.69) is 76.3 Å².